The van der Waals surface area contributed by atoms with Crippen molar-refractivity contribution in [3.63, 3.8) is 0 Å². The van der Waals surface area contributed by atoms with Crippen LogP contribution in [-0.2, 0) is 0 Å². The quantitative estimate of drug-likeness (QED) is 0.165. The van der Waals surface area contributed by atoms with E-state index in [9.17, 15) is 0 Å². The Labute approximate surface area is 346 Å². The summed E-state index contributed by atoms with van der Waals surface area (Å²) in [6.45, 7) is 4.30. The fourth-order valence-electron chi connectivity index (χ4n) is 10.0. The van der Waals surface area contributed by atoms with Crippen molar-refractivity contribution in [2.45, 2.75) is 24.7 Å². The fraction of sp³-hybridized carbons (Fsp3) is 0.111. The number of nitrogens with one attached hydrogen (secondary N) is 2. The van der Waals surface area contributed by atoms with Gasteiger partial charge in [0.25, 0.3) is 0 Å². The van der Waals surface area contributed by atoms with E-state index in [0.29, 0.717) is 0 Å². The molecule has 4 heterocycles. The molecule has 2 aliphatic rings. The first kappa shape index (κ1) is 34.5. The standard InChI is InChI=1S/C54H41N3OS/c1-2-38-51(33-14-5-3-6-15-33)55-54(56-52(38)34-16-7-4-8-17-34)37-25-27-41-44-30-35(26-29-48(44)58-49(41)31-37)36-24-28-42-43-20-13-23-47(53(43)59-50(42)32-36)57-45-21-11-9-18-39(45)40-19-10-12-22-46(40)57/h2-24,26-32,37-38,51-52,54-56H,1,25H2. The van der Waals surface area contributed by atoms with Gasteiger partial charge in [0.05, 0.1) is 27.6 Å². The molecule has 5 heteroatoms. The van der Waals surface area contributed by atoms with Crippen LogP contribution >= 0.6 is 11.3 Å². The Bertz CT molecular complexity index is 3270. The SMILES string of the molecule is C=CC1C(c2ccccc2)NC(C2C=c3oc4ccc(-c5ccc6c(c5)sc5c(-n7c8ccccc8c8ccccc87)cccc56)cc4c3=CC2)NC1c1ccccc1. The van der Waals surface area contributed by atoms with E-state index < -0.39 is 0 Å². The Kier molecular flexibility index (Phi) is 8.09. The lowest BCUT2D eigenvalue weighted by atomic mass is 9.79. The van der Waals surface area contributed by atoms with Crippen LogP contribution in [0.5, 0.6) is 0 Å². The molecule has 3 aromatic heterocycles. The third kappa shape index (κ3) is 5.57. The van der Waals surface area contributed by atoms with Crippen LogP contribution in [0.2, 0.25) is 0 Å². The number of hydrogen-bond acceptors (Lipinski definition) is 4. The Morgan fingerprint density at radius 3 is 1.93 bits per heavy atom. The molecule has 1 aliphatic heterocycles. The predicted octanol–water partition coefficient (Wildman–Crippen LogP) is 11.9. The molecule has 4 nitrogen and oxygen atoms in total. The predicted molar refractivity (Wildman–Crippen MR) is 247 cm³/mol. The number of benzene rings is 7. The van der Waals surface area contributed by atoms with E-state index >= 15 is 0 Å². The molecular weight excluding hydrogens is 739 g/mol. The zero-order valence-electron chi connectivity index (χ0n) is 32.4. The van der Waals surface area contributed by atoms with Gasteiger partial charge in [0, 0.05) is 60.8 Å². The van der Waals surface area contributed by atoms with Crippen LogP contribution in [0.3, 0.4) is 0 Å². The van der Waals surface area contributed by atoms with Gasteiger partial charge in [-0.05, 0) is 71.1 Å². The molecular formula is C54H41N3OS. The number of hydrogen-bond donors (Lipinski definition) is 2. The molecule has 3 unspecified atom stereocenters. The zero-order valence-corrected chi connectivity index (χ0v) is 33.2. The number of thiophene rings is 1. The van der Waals surface area contributed by atoms with E-state index in [0.717, 1.165) is 22.8 Å². The van der Waals surface area contributed by atoms with Gasteiger partial charge in [-0.3, -0.25) is 10.6 Å². The minimum atomic E-state index is 0.0401. The van der Waals surface area contributed by atoms with Crippen molar-refractivity contribution in [1.29, 1.82) is 0 Å². The second kappa shape index (κ2) is 13.8. The van der Waals surface area contributed by atoms with Crippen molar-refractivity contribution in [3.05, 3.63) is 198 Å². The molecule has 284 valence electrons. The van der Waals surface area contributed by atoms with Gasteiger partial charge >= 0.3 is 0 Å². The summed E-state index contributed by atoms with van der Waals surface area (Å²) in [4.78, 5) is 0. The lowest BCUT2D eigenvalue weighted by Crippen LogP contribution is -2.58. The molecule has 0 saturated carbocycles. The van der Waals surface area contributed by atoms with Gasteiger partial charge in [-0.1, -0.05) is 140 Å². The van der Waals surface area contributed by atoms with Crippen molar-refractivity contribution >= 4 is 76.4 Å². The Balaban J connectivity index is 0.903. The number of aromatic nitrogens is 1. The Morgan fingerprint density at radius 2 is 1.24 bits per heavy atom. The largest absolute Gasteiger partial charge is 0.456 e. The highest BCUT2D eigenvalue weighted by Crippen LogP contribution is 2.43. The molecule has 12 rings (SSSR count). The molecule has 0 spiro atoms. The molecule has 0 amide bonds. The highest BCUT2D eigenvalue weighted by atomic mass is 32.1. The lowest BCUT2D eigenvalue weighted by molar-refractivity contribution is 0.168. The molecule has 3 atom stereocenters. The van der Waals surface area contributed by atoms with Gasteiger partial charge in [0.2, 0.25) is 0 Å². The van der Waals surface area contributed by atoms with Gasteiger partial charge in [-0.15, -0.1) is 17.9 Å². The average molecular weight is 780 g/mol. The molecule has 2 N–H and O–H groups in total. The minimum absolute atomic E-state index is 0.0401. The monoisotopic (exact) mass is 779 g/mol. The smallest absolute Gasteiger partial charge is 0.135 e. The van der Waals surface area contributed by atoms with Crippen LogP contribution in [-0.4, -0.2) is 10.7 Å². The van der Waals surface area contributed by atoms with Gasteiger partial charge in [-0.2, -0.15) is 0 Å². The highest BCUT2D eigenvalue weighted by molar-refractivity contribution is 7.26. The second-order valence-corrected chi connectivity index (χ2v) is 17.2. The van der Waals surface area contributed by atoms with E-state index in [-0.39, 0.29) is 30.1 Å². The minimum Gasteiger partial charge on any atom is -0.456 e. The van der Waals surface area contributed by atoms with E-state index in [1.165, 1.54) is 75.1 Å². The molecule has 1 saturated heterocycles. The Hall–Kier alpha value is -6.50. The van der Waals surface area contributed by atoms with E-state index in [2.05, 4.69) is 204 Å². The molecule has 0 radical (unpaired) electrons. The van der Waals surface area contributed by atoms with Crippen LogP contribution < -0.4 is 21.3 Å². The van der Waals surface area contributed by atoms with Crippen molar-refractivity contribution in [3.8, 4) is 16.8 Å². The average Bonchev–Trinajstić information content (AvgIpc) is 3.98. The summed E-state index contributed by atoms with van der Waals surface area (Å²) in [5.41, 5.74) is 10.5. The summed E-state index contributed by atoms with van der Waals surface area (Å²) < 4.78 is 11.7. The van der Waals surface area contributed by atoms with Gasteiger partial charge in [0.1, 0.15) is 11.0 Å². The van der Waals surface area contributed by atoms with Gasteiger partial charge in [0.15, 0.2) is 0 Å². The van der Waals surface area contributed by atoms with Crippen LogP contribution in [0.15, 0.2) is 181 Å². The number of furan rings is 1. The van der Waals surface area contributed by atoms with Crippen molar-refractivity contribution < 1.29 is 4.42 Å². The molecule has 1 fully saturated rings. The molecule has 59 heavy (non-hydrogen) atoms. The first-order chi connectivity index (χ1) is 29.2. The summed E-state index contributed by atoms with van der Waals surface area (Å²) >= 11 is 1.89. The van der Waals surface area contributed by atoms with E-state index in [4.69, 9.17) is 4.42 Å². The maximum atomic E-state index is 6.63. The number of fused-ring (bicyclic) bond motifs is 9. The topological polar surface area (TPSA) is 42.1 Å². The van der Waals surface area contributed by atoms with Crippen LogP contribution in [0.4, 0.5) is 0 Å². The number of nitrogens with zero attached hydrogens (tertiary/aromatic N) is 1. The molecule has 0 bridgehead atoms. The van der Waals surface area contributed by atoms with Gasteiger partial charge in [-0.25, -0.2) is 0 Å². The summed E-state index contributed by atoms with van der Waals surface area (Å²) in [5.74, 6) is 0.381. The van der Waals surface area contributed by atoms with E-state index in [1.54, 1.807) is 0 Å². The van der Waals surface area contributed by atoms with Crippen molar-refractivity contribution in [1.82, 2.24) is 15.2 Å². The number of rotatable bonds is 6. The maximum absolute atomic E-state index is 6.63. The lowest BCUT2D eigenvalue weighted by Gasteiger charge is -2.45. The first-order valence-corrected chi connectivity index (χ1v) is 21.5. The molecule has 7 aromatic carbocycles. The maximum Gasteiger partial charge on any atom is 0.135 e. The van der Waals surface area contributed by atoms with Gasteiger partial charge < -0.3 is 8.98 Å². The fourth-order valence-corrected chi connectivity index (χ4v) is 11.3. The van der Waals surface area contributed by atoms with Crippen molar-refractivity contribution in [2.75, 3.05) is 0 Å². The summed E-state index contributed by atoms with van der Waals surface area (Å²) in [6.07, 6.45) is 7.79. The molecule has 1 aliphatic carbocycles. The van der Waals surface area contributed by atoms with E-state index in [1.807, 2.05) is 11.3 Å². The first-order valence-electron chi connectivity index (χ1n) is 20.6. The summed E-state index contributed by atoms with van der Waals surface area (Å²) in [6, 6.07) is 59.8. The number of para-hydroxylation sites is 2. The Morgan fingerprint density at radius 1 is 0.610 bits per heavy atom. The zero-order chi connectivity index (χ0) is 39.0. The van der Waals surface area contributed by atoms with Crippen LogP contribution in [0, 0.1) is 11.8 Å². The normalized spacial score (nSPS) is 20.5. The summed E-state index contributed by atoms with van der Waals surface area (Å²) in [7, 11) is 0. The molecule has 10 aromatic rings. The van der Waals surface area contributed by atoms with Crippen LogP contribution in [0.25, 0.3) is 81.9 Å². The summed E-state index contributed by atoms with van der Waals surface area (Å²) in [5, 5.41) is 15.5. The third-order valence-corrected chi connectivity index (χ3v) is 14.0. The second-order valence-electron chi connectivity index (χ2n) is 16.1. The van der Waals surface area contributed by atoms with Crippen molar-refractivity contribution in [2.24, 2.45) is 11.8 Å². The van der Waals surface area contributed by atoms with Crippen LogP contribution in [0.1, 0.15) is 29.6 Å². The third-order valence-electron chi connectivity index (χ3n) is 12.9. The highest BCUT2D eigenvalue weighted by Gasteiger charge is 2.39.